The molecule has 0 aliphatic carbocycles. The van der Waals surface area contributed by atoms with Gasteiger partial charge in [-0.3, -0.25) is 33.6 Å². The number of nitrogens with two attached hydrogens (primary N) is 2. The lowest BCUT2D eigenvalue weighted by Gasteiger charge is -2.29. The Bertz CT molecular complexity index is 2520. The summed E-state index contributed by atoms with van der Waals surface area (Å²) >= 11 is 0. The third kappa shape index (κ3) is 18.2. The lowest BCUT2D eigenvalue weighted by Crippen LogP contribution is -2.61. The van der Waals surface area contributed by atoms with Gasteiger partial charge in [0, 0.05) is 30.8 Å². The lowest BCUT2D eigenvalue weighted by molar-refractivity contribution is -0.143. The van der Waals surface area contributed by atoms with Crippen molar-refractivity contribution in [2.45, 2.75) is 108 Å². The van der Waals surface area contributed by atoms with Gasteiger partial charge in [-0.1, -0.05) is 132 Å². The van der Waals surface area contributed by atoms with Crippen molar-refractivity contribution in [2.75, 3.05) is 18.1 Å². The van der Waals surface area contributed by atoms with Crippen molar-refractivity contribution in [1.29, 1.82) is 0 Å². The SMILES string of the molecule is CC(C)[C@H](NC(=O)[C@@H]1CSSC[C@H](NC(=O)[C@H](C)N)C(=O)N[C@@H](Cc2ccccc2)C(=O)N[C@@H](Cc2ccc(-c3ccccc3)cc2)C(=O)N[C@@H](CCCCN)C(=O)N[C@@H](Cc2ccc(O)cc2)C(=O)N1)C(=O)O. The molecule has 5 rings (SSSR count). The maximum atomic E-state index is 14.8. The Hall–Kier alpha value is -6.94. The van der Waals surface area contributed by atoms with Crippen LogP contribution in [-0.4, -0.2) is 124 Å². The number of amides is 7. The van der Waals surface area contributed by atoms with Crippen LogP contribution in [0.3, 0.4) is 0 Å². The van der Waals surface area contributed by atoms with Crippen LogP contribution >= 0.6 is 21.6 Å². The summed E-state index contributed by atoms with van der Waals surface area (Å²) in [6.07, 6.45) is 0.637. The van der Waals surface area contributed by atoms with Gasteiger partial charge in [-0.2, -0.15) is 0 Å². The second-order valence-electron chi connectivity index (χ2n) is 18.4. The van der Waals surface area contributed by atoms with Crippen molar-refractivity contribution >= 4 is 68.9 Å². The van der Waals surface area contributed by atoms with Gasteiger partial charge in [-0.25, -0.2) is 4.79 Å². The van der Waals surface area contributed by atoms with E-state index < -0.39 is 102 Å². The third-order valence-electron chi connectivity index (χ3n) is 12.1. The standard InChI is InChI=1S/C53H67N9O10S2/c1-31(2)45(53(71)72)62-52(70)44-30-74-73-29-43(60-46(64)32(3)55)51(69)59-40(26-33-12-6-4-7-13-33)49(67)58-41(27-34-17-21-37(22-18-34)36-14-8-5-9-15-36)48(66)56-39(16-10-11-25-54)47(65)57-42(50(68)61-44)28-35-19-23-38(63)24-20-35/h4-9,12-15,17-24,31-32,39-45,63H,10-11,16,25-30,54-55H2,1-3H3,(H,56,66)(H,57,65)(H,58,67)(H,59,69)(H,60,64)(H,61,68)(H,62,70)(H,71,72)/t32-,39-,40-,41-,42-,43-,44-,45-/m0/s1. The largest absolute Gasteiger partial charge is 0.508 e. The predicted octanol–water partition coefficient (Wildman–Crippen LogP) is 2.09. The van der Waals surface area contributed by atoms with E-state index in [1.807, 2.05) is 54.6 Å². The molecule has 7 amide bonds. The molecule has 0 spiro atoms. The van der Waals surface area contributed by atoms with Crippen molar-refractivity contribution in [2.24, 2.45) is 17.4 Å². The zero-order valence-corrected chi connectivity index (χ0v) is 43.2. The van der Waals surface area contributed by atoms with Gasteiger partial charge in [-0.05, 0) is 78.6 Å². The van der Waals surface area contributed by atoms with E-state index in [1.54, 1.807) is 56.3 Å². The number of unbranched alkanes of at least 4 members (excludes halogenated alkanes) is 1. The Morgan fingerprint density at radius 2 is 1.07 bits per heavy atom. The molecular formula is C53H67N9O10S2. The van der Waals surface area contributed by atoms with Crippen LogP contribution in [0, 0.1) is 5.92 Å². The summed E-state index contributed by atoms with van der Waals surface area (Å²) in [5.74, 6) is -7.69. The maximum absolute atomic E-state index is 14.8. The number of aliphatic carboxylic acids is 1. The van der Waals surface area contributed by atoms with Gasteiger partial charge in [0.15, 0.2) is 0 Å². The van der Waals surface area contributed by atoms with E-state index in [4.69, 9.17) is 11.5 Å². The number of aromatic hydroxyl groups is 1. The van der Waals surface area contributed by atoms with Crippen LogP contribution in [0.4, 0.5) is 0 Å². The summed E-state index contributed by atoms with van der Waals surface area (Å²) in [6, 6.07) is 21.3. The second kappa shape index (κ2) is 29.1. The van der Waals surface area contributed by atoms with Gasteiger partial charge in [-0.15, -0.1) is 0 Å². The number of carboxylic acid groups (broad SMARTS) is 1. The highest BCUT2D eigenvalue weighted by molar-refractivity contribution is 8.76. The van der Waals surface area contributed by atoms with Gasteiger partial charge in [0.2, 0.25) is 41.4 Å². The fourth-order valence-corrected chi connectivity index (χ4v) is 10.2. The number of carboxylic acids is 1. The molecule has 396 valence electrons. The molecule has 0 saturated carbocycles. The monoisotopic (exact) mass is 1050 g/mol. The first-order valence-electron chi connectivity index (χ1n) is 24.4. The van der Waals surface area contributed by atoms with Crippen LogP contribution in [0.15, 0.2) is 109 Å². The van der Waals surface area contributed by atoms with Crippen molar-refractivity contribution in [3.8, 4) is 16.9 Å². The van der Waals surface area contributed by atoms with E-state index in [-0.39, 0.29) is 49.5 Å². The minimum atomic E-state index is -1.42. The van der Waals surface area contributed by atoms with Crippen LogP contribution < -0.4 is 48.7 Å². The number of hydrogen-bond donors (Lipinski definition) is 11. The number of hydrogen-bond acceptors (Lipinski definition) is 13. The highest BCUT2D eigenvalue weighted by Crippen LogP contribution is 2.25. The van der Waals surface area contributed by atoms with Crippen molar-refractivity contribution in [3.05, 3.63) is 126 Å². The fourth-order valence-electron chi connectivity index (χ4n) is 7.84. The van der Waals surface area contributed by atoms with Crippen LogP contribution in [0.1, 0.15) is 56.7 Å². The molecule has 4 aromatic carbocycles. The Balaban J connectivity index is 1.60. The number of phenolic OH excluding ortho intramolecular Hbond substituents is 1. The van der Waals surface area contributed by atoms with Crippen molar-refractivity contribution < 1.29 is 48.6 Å². The lowest BCUT2D eigenvalue weighted by atomic mass is 9.99. The topological polar surface area (TPSA) is 313 Å². The molecular weight excluding hydrogens is 987 g/mol. The van der Waals surface area contributed by atoms with Crippen molar-refractivity contribution in [3.63, 3.8) is 0 Å². The molecule has 1 aliphatic heterocycles. The molecule has 1 saturated heterocycles. The summed E-state index contributed by atoms with van der Waals surface area (Å²) in [4.78, 5) is 112. The number of benzene rings is 4. The van der Waals surface area contributed by atoms with Crippen LogP contribution in [0.5, 0.6) is 5.75 Å². The fraction of sp³-hybridized carbons (Fsp3) is 0.396. The zero-order valence-electron chi connectivity index (χ0n) is 41.6. The first kappa shape index (κ1) is 58.0. The van der Waals surface area contributed by atoms with Crippen molar-refractivity contribution in [1.82, 2.24) is 37.2 Å². The minimum Gasteiger partial charge on any atom is -0.508 e. The minimum absolute atomic E-state index is 0.0366. The average Bonchev–Trinajstić information content (AvgIpc) is 3.38. The summed E-state index contributed by atoms with van der Waals surface area (Å²) in [5.41, 5.74) is 15.4. The van der Waals surface area contributed by atoms with Gasteiger partial charge in [0.25, 0.3) is 0 Å². The number of carbonyl (C=O) groups is 8. The number of nitrogens with one attached hydrogen (secondary N) is 7. The molecule has 1 aliphatic rings. The smallest absolute Gasteiger partial charge is 0.326 e. The zero-order chi connectivity index (χ0) is 53.7. The number of phenols is 1. The third-order valence-corrected chi connectivity index (χ3v) is 14.5. The summed E-state index contributed by atoms with van der Waals surface area (Å²) < 4.78 is 0. The molecule has 19 nitrogen and oxygen atoms in total. The molecule has 0 bridgehead atoms. The van der Waals surface area contributed by atoms with E-state index in [0.717, 1.165) is 32.7 Å². The van der Waals surface area contributed by atoms with Crippen LogP contribution in [-0.2, 0) is 57.6 Å². The summed E-state index contributed by atoms with van der Waals surface area (Å²) in [7, 11) is 2.07. The van der Waals surface area contributed by atoms with Gasteiger partial charge < -0.3 is 58.9 Å². The van der Waals surface area contributed by atoms with Crippen LogP contribution in [0.2, 0.25) is 0 Å². The molecule has 0 radical (unpaired) electrons. The maximum Gasteiger partial charge on any atom is 0.326 e. The van der Waals surface area contributed by atoms with E-state index in [9.17, 15) is 48.6 Å². The molecule has 8 atom stereocenters. The highest BCUT2D eigenvalue weighted by Gasteiger charge is 2.36. The molecule has 21 heteroatoms. The van der Waals surface area contributed by atoms with Gasteiger partial charge in [0.05, 0.1) is 6.04 Å². The molecule has 13 N–H and O–H groups in total. The number of carbonyl (C=O) groups excluding carboxylic acids is 7. The molecule has 0 aromatic heterocycles. The molecule has 1 fully saturated rings. The number of rotatable bonds is 17. The van der Waals surface area contributed by atoms with Crippen LogP contribution in [0.25, 0.3) is 11.1 Å². The molecule has 1 heterocycles. The Labute approximate surface area is 438 Å². The Morgan fingerprint density at radius 1 is 0.608 bits per heavy atom. The van der Waals surface area contributed by atoms with E-state index in [2.05, 4.69) is 37.2 Å². The molecule has 0 unspecified atom stereocenters. The van der Waals surface area contributed by atoms with E-state index in [0.29, 0.717) is 29.5 Å². The Morgan fingerprint density at radius 3 is 1.59 bits per heavy atom. The predicted molar refractivity (Wildman–Crippen MR) is 285 cm³/mol. The average molecular weight is 1050 g/mol. The van der Waals surface area contributed by atoms with E-state index >= 15 is 0 Å². The van der Waals surface area contributed by atoms with Gasteiger partial charge in [0.1, 0.15) is 48.0 Å². The molecule has 4 aromatic rings. The quantitative estimate of drug-likeness (QED) is 0.0534. The van der Waals surface area contributed by atoms with E-state index in [1.165, 1.54) is 19.1 Å². The first-order chi connectivity index (χ1) is 35.4. The molecule has 74 heavy (non-hydrogen) atoms. The van der Waals surface area contributed by atoms with Gasteiger partial charge >= 0.3 is 5.97 Å². The second-order valence-corrected chi connectivity index (χ2v) is 21.0. The summed E-state index contributed by atoms with van der Waals surface area (Å²) in [6.45, 7) is 4.91. The highest BCUT2D eigenvalue weighted by atomic mass is 33.1. The summed E-state index contributed by atoms with van der Waals surface area (Å²) in [5, 5.41) is 39.1. The Kier molecular flexibility index (Phi) is 22.8. The normalized spacial score (nSPS) is 21.4. The first-order valence-corrected chi connectivity index (χ1v) is 26.9.